The molecule has 0 bridgehead atoms. The summed E-state index contributed by atoms with van der Waals surface area (Å²) in [6.45, 7) is 2.11. The average molecular weight is 520 g/mol. The van der Waals surface area contributed by atoms with E-state index in [0.717, 1.165) is 70.1 Å². The Morgan fingerprint density at radius 2 is 1.82 bits per heavy atom. The van der Waals surface area contributed by atoms with E-state index in [0.29, 0.717) is 11.3 Å². The third-order valence-corrected chi connectivity index (χ3v) is 8.33. The van der Waals surface area contributed by atoms with Crippen LogP contribution in [-0.4, -0.2) is 36.0 Å². The van der Waals surface area contributed by atoms with Gasteiger partial charge in [-0.2, -0.15) is 5.10 Å². The predicted molar refractivity (Wildman–Crippen MR) is 151 cm³/mol. The first-order valence-corrected chi connectivity index (χ1v) is 13.6. The number of nitrogens with one attached hydrogen (secondary N) is 3. The van der Waals surface area contributed by atoms with Crippen molar-refractivity contribution < 1.29 is 4.79 Å². The number of rotatable bonds is 5. The smallest absolute Gasteiger partial charge is 0.227 e. The zero-order chi connectivity index (χ0) is 25.6. The second-order valence-electron chi connectivity index (χ2n) is 9.87. The van der Waals surface area contributed by atoms with Gasteiger partial charge in [-0.15, -0.1) is 11.3 Å². The number of pyridine rings is 3. The normalized spacial score (nSPS) is 14.0. The first-order chi connectivity index (χ1) is 18.6. The van der Waals surface area contributed by atoms with E-state index in [1.807, 2.05) is 18.5 Å². The summed E-state index contributed by atoms with van der Waals surface area (Å²) in [4.78, 5) is 32.0. The van der Waals surface area contributed by atoms with Crippen LogP contribution in [0, 0.1) is 12.8 Å². The summed E-state index contributed by atoms with van der Waals surface area (Å²) < 4.78 is 0. The second kappa shape index (κ2) is 9.18. The van der Waals surface area contributed by atoms with Crippen LogP contribution in [0.5, 0.6) is 0 Å². The van der Waals surface area contributed by atoms with E-state index in [-0.39, 0.29) is 11.8 Å². The molecule has 1 saturated carbocycles. The lowest BCUT2D eigenvalue weighted by atomic mass is 10.1. The van der Waals surface area contributed by atoms with Gasteiger partial charge in [-0.1, -0.05) is 12.8 Å². The number of amides is 1. The molecular formula is C29H25N7OS. The van der Waals surface area contributed by atoms with Gasteiger partial charge in [0.05, 0.1) is 35.0 Å². The molecule has 6 aromatic heterocycles. The lowest BCUT2D eigenvalue weighted by molar-refractivity contribution is -0.119. The molecule has 1 amide bonds. The largest absolute Gasteiger partial charge is 0.352 e. The Hall–Kier alpha value is -4.37. The van der Waals surface area contributed by atoms with Gasteiger partial charge in [-0.05, 0) is 50.1 Å². The number of aryl methyl sites for hydroxylation is 1. The fraction of sp³-hybridized carbons (Fsp3) is 0.207. The van der Waals surface area contributed by atoms with E-state index >= 15 is 0 Å². The number of aromatic amines is 2. The van der Waals surface area contributed by atoms with E-state index in [1.54, 1.807) is 29.9 Å². The highest BCUT2D eigenvalue weighted by molar-refractivity contribution is 7.15. The van der Waals surface area contributed by atoms with Gasteiger partial charge in [0.25, 0.3) is 0 Å². The van der Waals surface area contributed by atoms with Gasteiger partial charge in [-0.3, -0.25) is 19.9 Å². The van der Waals surface area contributed by atoms with Crippen molar-refractivity contribution in [1.82, 2.24) is 30.1 Å². The highest BCUT2D eigenvalue weighted by Crippen LogP contribution is 2.36. The van der Waals surface area contributed by atoms with Crippen molar-refractivity contribution in [2.24, 2.45) is 5.92 Å². The first-order valence-electron chi connectivity index (χ1n) is 12.8. The Bertz CT molecular complexity index is 1810. The summed E-state index contributed by atoms with van der Waals surface area (Å²) in [5.41, 5.74) is 6.96. The first kappa shape index (κ1) is 22.8. The Labute approximate surface area is 222 Å². The molecular weight excluding hydrogens is 494 g/mol. The molecule has 1 aliphatic rings. The van der Waals surface area contributed by atoms with Crippen LogP contribution >= 0.6 is 11.3 Å². The van der Waals surface area contributed by atoms with Crippen molar-refractivity contribution in [3.8, 4) is 33.0 Å². The van der Waals surface area contributed by atoms with Gasteiger partial charge >= 0.3 is 0 Å². The number of fused-ring (bicyclic) bond motifs is 2. The quantitative estimate of drug-likeness (QED) is 0.234. The van der Waals surface area contributed by atoms with Gasteiger partial charge < -0.3 is 10.3 Å². The molecule has 0 unspecified atom stereocenters. The van der Waals surface area contributed by atoms with Crippen LogP contribution < -0.4 is 5.32 Å². The topological polar surface area (TPSA) is 112 Å². The summed E-state index contributed by atoms with van der Waals surface area (Å²) in [5.74, 6) is 0.179. The molecule has 3 N–H and O–H groups in total. The lowest BCUT2D eigenvalue weighted by Gasteiger charge is -2.11. The fourth-order valence-corrected chi connectivity index (χ4v) is 6.21. The molecule has 9 heteroatoms. The molecule has 38 heavy (non-hydrogen) atoms. The number of hydrogen-bond donors (Lipinski definition) is 3. The maximum atomic E-state index is 12.6. The van der Waals surface area contributed by atoms with Crippen LogP contribution in [0.25, 0.3) is 54.9 Å². The molecule has 7 rings (SSSR count). The van der Waals surface area contributed by atoms with Crippen LogP contribution in [0.3, 0.4) is 0 Å². The van der Waals surface area contributed by atoms with Crippen molar-refractivity contribution >= 4 is 44.9 Å². The molecule has 6 heterocycles. The molecule has 0 aromatic carbocycles. The van der Waals surface area contributed by atoms with Crippen molar-refractivity contribution in [3.63, 3.8) is 0 Å². The maximum Gasteiger partial charge on any atom is 0.227 e. The molecule has 188 valence electrons. The third kappa shape index (κ3) is 4.05. The Morgan fingerprint density at radius 3 is 2.66 bits per heavy atom. The molecule has 6 aromatic rings. The Kier molecular flexibility index (Phi) is 5.51. The molecule has 0 atom stereocenters. The minimum Gasteiger partial charge on any atom is -0.352 e. The predicted octanol–water partition coefficient (Wildman–Crippen LogP) is 6.73. The van der Waals surface area contributed by atoms with Gasteiger partial charge in [0, 0.05) is 61.7 Å². The van der Waals surface area contributed by atoms with Crippen LogP contribution in [0.15, 0.2) is 61.3 Å². The van der Waals surface area contributed by atoms with Crippen molar-refractivity contribution in [1.29, 1.82) is 0 Å². The van der Waals surface area contributed by atoms with Gasteiger partial charge in [-0.25, -0.2) is 4.98 Å². The van der Waals surface area contributed by atoms with E-state index in [2.05, 4.69) is 66.6 Å². The van der Waals surface area contributed by atoms with Crippen molar-refractivity contribution in [2.75, 3.05) is 5.32 Å². The number of hydrogen-bond acceptors (Lipinski definition) is 6. The molecule has 0 saturated heterocycles. The summed E-state index contributed by atoms with van der Waals surface area (Å²) in [6.07, 6.45) is 13.2. The van der Waals surface area contributed by atoms with Gasteiger partial charge in [0.15, 0.2) is 5.65 Å². The molecule has 0 spiro atoms. The number of anilines is 1. The Balaban J connectivity index is 1.24. The number of carbonyl (C=O) groups is 1. The number of nitrogens with zero attached hydrogens (tertiary/aromatic N) is 4. The molecule has 1 aliphatic carbocycles. The Morgan fingerprint density at radius 1 is 0.974 bits per heavy atom. The van der Waals surface area contributed by atoms with Crippen LogP contribution in [0.1, 0.15) is 30.6 Å². The monoisotopic (exact) mass is 519 g/mol. The van der Waals surface area contributed by atoms with E-state index in [4.69, 9.17) is 0 Å². The summed E-state index contributed by atoms with van der Waals surface area (Å²) in [7, 11) is 0. The van der Waals surface area contributed by atoms with Crippen LogP contribution in [-0.2, 0) is 4.79 Å². The van der Waals surface area contributed by atoms with Gasteiger partial charge in [0.2, 0.25) is 5.91 Å². The number of carbonyl (C=O) groups excluding carboxylic acids is 1. The third-order valence-electron chi connectivity index (χ3n) is 7.30. The number of thiophene rings is 1. The fourth-order valence-electron chi connectivity index (χ4n) is 5.32. The highest BCUT2D eigenvalue weighted by Gasteiger charge is 2.23. The second-order valence-corrected chi connectivity index (χ2v) is 11.2. The van der Waals surface area contributed by atoms with Crippen molar-refractivity contribution in [3.05, 3.63) is 66.2 Å². The minimum atomic E-state index is 0.0810. The SMILES string of the molecule is Cc1ccc(-c2cncc3[nH]c(-c4[nH]nc5ncc(-c6cncc(NC(=O)C7CCCC7)c6)cc45)cc23)s1. The molecule has 1 fully saturated rings. The zero-order valence-corrected chi connectivity index (χ0v) is 21.6. The molecule has 8 nitrogen and oxygen atoms in total. The van der Waals surface area contributed by atoms with E-state index in [1.165, 1.54) is 9.75 Å². The lowest BCUT2D eigenvalue weighted by Crippen LogP contribution is -2.20. The average Bonchev–Trinajstić information content (AvgIpc) is 3.74. The zero-order valence-electron chi connectivity index (χ0n) is 20.8. The van der Waals surface area contributed by atoms with Crippen molar-refractivity contribution in [2.45, 2.75) is 32.6 Å². The standard InChI is InChI=1S/C29H25N7OS/c1-16-6-7-26(38-16)23-14-31-15-25-21(23)10-24(34-25)27-22-9-19(12-32-28(22)36-35-27)18-8-20(13-30-11-18)33-29(37)17-4-2-3-5-17/h6-15,17,34H,2-5H2,1H3,(H,33,37)(H,32,35,36). The number of H-pyrrole nitrogens is 2. The highest BCUT2D eigenvalue weighted by atomic mass is 32.1. The summed E-state index contributed by atoms with van der Waals surface area (Å²) >= 11 is 1.76. The van der Waals surface area contributed by atoms with E-state index < -0.39 is 0 Å². The van der Waals surface area contributed by atoms with Crippen LogP contribution in [0.4, 0.5) is 5.69 Å². The maximum absolute atomic E-state index is 12.6. The molecule has 0 radical (unpaired) electrons. The van der Waals surface area contributed by atoms with E-state index in [9.17, 15) is 4.79 Å². The molecule has 0 aliphatic heterocycles. The van der Waals surface area contributed by atoms with Gasteiger partial charge in [0.1, 0.15) is 0 Å². The number of aromatic nitrogens is 6. The summed E-state index contributed by atoms with van der Waals surface area (Å²) in [5, 5.41) is 12.7. The summed E-state index contributed by atoms with van der Waals surface area (Å²) in [6, 6.07) is 10.4. The minimum absolute atomic E-state index is 0.0810. The van der Waals surface area contributed by atoms with Crippen LogP contribution in [0.2, 0.25) is 0 Å².